The van der Waals surface area contributed by atoms with Crippen LogP contribution in [0.15, 0.2) is 59.8 Å². The molecule has 1 atom stereocenters. The summed E-state index contributed by atoms with van der Waals surface area (Å²) in [5.74, 6) is 0.431. The van der Waals surface area contributed by atoms with Crippen LogP contribution in [0.4, 0.5) is 13.2 Å². The van der Waals surface area contributed by atoms with Gasteiger partial charge < -0.3 is 0 Å². The molecule has 2 aromatic carbocycles. The number of halogens is 3. The number of allylic oxidation sites excluding steroid dienone is 2. The molecule has 3 heterocycles. The normalized spacial score (nSPS) is 16.4. The van der Waals surface area contributed by atoms with Crippen molar-refractivity contribution in [1.82, 2.24) is 30.4 Å². The average Bonchev–Trinajstić information content (AvgIpc) is 3.40. The van der Waals surface area contributed by atoms with E-state index in [2.05, 4.69) is 25.7 Å². The molecule has 1 aliphatic rings. The van der Waals surface area contributed by atoms with E-state index in [1.165, 1.54) is 16.8 Å². The van der Waals surface area contributed by atoms with Gasteiger partial charge in [-0.1, -0.05) is 23.8 Å². The molecule has 4 aromatic rings. The standard InChI is InChI=1S/C22H17F3N6O/c1-12-8-19-28-29-30-31(19)21(14-3-5-16(6-4-14)22(23,24)25)20(12)18(32)10-13-2-7-17-15(9-13)11-26-27-17/h2-7,9,11,21H,8,10H2,1H3,(H,26,27). The van der Waals surface area contributed by atoms with E-state index >= 15 is 0 Å². The number of Topliss-reactive ketones (excluding diaryl/α,β-unsaturated/α-hetero) is 1. The van der Waals surface area contributed by atoms with Crippen molar-refractivity contribution in [1.29, 1.82) is 0 Å². The van der Waals surface area contributed by atoms with E-state index in [9.17, 15) is 18.0 Å². The number of rotatable bonds is 4. The lowest BCUT2D eigenvalue weighted by atomic mass is 9.85. The van der Waals surface area contributed by atoms with Gasteiger partial charge in [-0.15, -0.1) is 5.10 Å². The molecule has 162 valence electrons. The average molecular weight is 438 g/mol. The van der Waals surface area contributed by atoms with Gasteiger partial charge in [0.15, 0.2) is 11.6 Å². The van der Waals surface area contributed by atoms with E-state index < -0.39 is 17.8 Å². The SMILES string of the molecule is CC1=C(C(=O)Cc2ccc3[nH]ncc3c2)C(c2ccc(C(F)(F)F)cc2)n2nnnc2C1. The van der Waals surface area contributed by atoms with Gasteiger partial charge in [0.2, 0.25) is 0 Å². The number of H-pyrrole nitrogens is 1. The van der Waals surface area contributed by atoms with E-state index in [4.69, 9.17) is 0 Å². The first-order valence-electron chi connectivity index (χ1n) is 9.90. The number of fused-ring (bicyclic) bond motifs is 2. The second-order valence-corrected chi connectivity index (χ2v) is 7.82. The molecule has 32 heavy (non-hydrogen) atoms. The fourth-order valence-electron chi connectivity index (χ4n) is 4.15. The van der Waals surface area contributed by atoms with Crippen LogP contribution in [0.25, 0.3) is 10.9 Å². The summed E-state index contributed by atoms with van der Waals surface area (Å²) >= 11 is 0. The number of nitrogens with one attached hydrogen (secondary N) is 1. The predicted octanol–water partition coefficient (Wildman–Crippen LogP) is 3.84. The third-order valence-corrected chi connectivity index (χ3v) is 5.69. The maximum atomic E-state index is 13.5. The van der Waals surface area contributed by atoms with Crippen LogP contribution < -0.4 is 0 Å². The smallest absolute Gasteiger partial charge is 0.294 e. The highest BCUT2D eigenvalue weighted by Gasteiger charge is 2.35. The van der Waals surface area contributed by atoms with Crippen molar-refractivity contribution in [2.45, 2.75) is 32.0 Å². The van der Waals surface area contributed by atoms with Crippen LogP contribution in [0, 0.1) is 0 Å². The third-order valence-electron chi connectivity index (χ3n) is 5.69. The Hall–Kier alpha value is -3.82. The Bertz CT molecular complexity index is 1350. The van der Waals surface area contributed by atoms with Crippen molar-refractivity contribution in [2.24, 2.45) is 0 Å². The van der Waals surface area contributed by atoms with Crippen LogP contribution in [0.1, 0.15) is 35.5 Å². The maximum absolute atomic E-state index is 13.5. The highest BCUT2D eigenvalue weighted by Crippen LogP contribution is 2.37. The fourth-order valence-corrected chi connectivity index (χ4v) is 4.15. The number of hydrogen-bond donors (Lipinski definition) is 1. The van der Waals surface area contributed by atoms with Crippen LogP contribution in [0.5, 0.6) is 0 Å². The summed E-state index contributed by atoms with van der Waals surface area (Å²) in [7, 11) is 0. The molecular formula is C22H17F3N6O. The third kappa shape index (κ3) is 3.47. The second-order valence-electron chi connectivity index (χ2n) is 7.82. The van der Waals surface area contributed by atoms with Crippen LogP contribution in [-0.4, -0.2) is 36.2 Å². The van der Waals surface area contributed by atoms with Crippen molar-refractivity contribution in [3.63, 3.8) is 0 Å². The van der Waals surface area contributed by atoms with Crippen LogP contribution in [-0.2, 0) is 23.8 Å². The Balaban J connectivity index is 1.53. The van der Waals surface area contributed by atoms with Crippen LogP contribution >= 0.6 is 0 Å². The molecule has 2 aromatic heterocycles. The zero-order chi connectivity index (χ0) is 22.5. The molecule has 0 amide bonds. The van der Waals surface area contributed by atoms with Gasteiger partial charge in [0.05, 0.1) is 17.3 Å². The Morgan fingerprint density at radius 3 is 2.72 bits per heavy atom. The second kappa shape index (κ2) is 7.40. The molecule has 1 unspecified atom stereocenters. The van der Waals surface area contributed by atoms with Crippen LogP contribution in [0.2, 0.25) is 0 Å². The summed E-state index contributed by atoms with van der Waals surface area (Å²) in [6.45, 7) is 1.84. The minimum atomic E-state index is -4.44. The monoisotopic (exact) mass is 438 g/mol. The maximum Gasteiger partial charge on any atom is 0.416 e. The number of carbonyl (C=O) groups is 1. The number of carbonyl (C=O) groups excluding carboxylic acids is 1. The quantitative estimate of drug-likeness (QED) is 0.523. The van der Waals surface area contributed by atoms with Gasteiger partial charge in [0, 0.05) is 23.8 Å². The lowest BCUT2D eigenvalue weighted by molar-refractivity contribution is -0.137. The van der Waals surface area contributed by atoms with Gasteiger partial charge in [-0.05, 0) is 52.7 Å². The summed E-state index contributed by atoms with van der Waals surface area (Å²) in [5, 5.41) is 19.5. The molecule has 0 fully saturated rings. The molecule has 10 heteroatoms. The summed E-state index contributed by atoms with van der Waals surface area (Å²) in [5.41, 5.74) is 2.74. The zero-order valence-electron chi connectivity index (χ0n) is 16.9. The lowest BCUT2D eigenvalue weighted by Gasteiger charge is -2.27. The zero-order valence-corrected chi connectivity index (χ0v) is 16.9. The molecule has 0 aliphatic carbocycles. The summed E-state index contributed by atoms with van der Waals surface area (Å²) in [6, 6.07) is 9.69. The molecule has 0 saturated carbocycles. The number of benzene rings is 2. The number of nitrogens with zero attached hydrogens (tertiary/aromatic N) is 5. The van der Waals surface area contributed by atoms with E-state index in [0.717, 1.165) is 34.2 Å². The van der Waals surface area contributed by atoms with Crippen molar-refractivity contribution in [3.8, 4) is 0 Å². The van der Waals surface area contributed by atoms with Gasteiger partial charge in [0.1, 0.15) is 6.04 Å². The van der Waals surface area contributed by atoms with Crippen molar-refractivity contribution in [2.75, 3.05) is 0 Å². The first kappa shape index (κ1) is 20.1. The number of tetrazole rings is 1. The molecule has 0 radical (unpaired) electrons. The molecule has 0 spiro atoms. The van der Waals surface area contributed by atoms with E-state index in [1.807, 2.05) is 25.1 Å². The summed E-state index contributed by atoms with van der Waals surface area (Å²) in [4.78, 5) is 13.5. The van der Waals surface area contributed by atoms with Crippen molar-refractivity contribution >= 4 is 16.7 Å². The number of alkyl halides is 3. The highest BCUT2D eigenvalue weighted by atomic mass is 19.4. The minimum Gasteiger partial charge on any atom is -0.294 e. The van der Waals surface area contributed by atoms with Crippen molar-refractivity contribution in [3.05, 3.63) is 82.3 Å². The number of aromatic amines is 1. The molecule has 0 saturated heterocycles. The van der Waals surface area contributed by atoms with Gasteiger partial charge in [0.25, 0.3) is 0 Å². The first-order chi connectivity index (χ1) is 15.3. The Morgan fingerprint density at radius 1 is 1.19 bits per heavy atom. The van der Waals surface area contributed by atoms with Gasteiger partial charge >= 0.3 is 6.18 Å². The lowest BCUT2D eigenvalue weighted by Crippen LogP contribution is -2.28. The Labute approximate surface area is 179 Å². The topological polar surface area (TPSA) is 89.4 Å². The number of ketones is 1. The van der Waals surface area contributed by atoms with Gasteiger partial charge in [-0.25, -0.2) is 4.68 Å². The molecule has 1 aliphatic heterocycles. The van der Waals surface area contributed by atoms with Crippen LogP contribution in [0.3, 0.4) is 0 Å². The molecule has 0 bridgehead atoms. The number of aromatic nitrogens is 6. The largest absolute Gasteiger partial charge is 0.416 e. The van der Waals surface area contributed by atoms with Gasteiger partial charge in [-0.3, -0.25) is 9.89 Å². The van der Waals surface area contributed by atoms with E-state index in [-0.39, 0.29) is 12.2 Å². The summed E-state index contributed by atoms with van der Waals surface area (Å²) < 4.78 is 40.6. The fraction of sp³-hybridized carbons (Fsp3) is 0.227. The number of hydrogen-bond acceptors (Lipinski definition) is 5. The molecule has 1 N–H and O–H groups in total. The molecule has 5 rings (SSSR count). The van der Waals surface area contributed by atoms with Crippen molar-refractivity contribution < 1.29 is 18.0 Å². The Morgan fingerprint density at radius 2 is 1.97 bits per heavy atom. The van der Waals surface area contributed by atoms with E-state index in [1.54, 1.807) is 6.20 Å². The Kier molecular flexibility index (Phi) is 4.65. The predicted molar refractivity (Wildman–Crippen MR) is 109 cm³/mol. The molecule has 7 nitrogen and oxygen atoms in total. The summed E-state index contributed by atoms with van der Waals surface area (Å²) in [6.07, 6.45) is -2.22. The van der Waals surface area contributed by atoms with E-state index in [0.29, 0.717) is 23.4 Å². The highest BCUT2D eigenvalue weighted by molar-refractivity contribution is 5.99. The molecular weight excluding hydrogens is 421 g/mol. The first-order valence-corrected chi connectivity index (χ1v) is 9.90. The van der Waals surface area contributed by atoms with Gasteiger partial charge in [-0.2, -0.15) is 18.3 Å². The minimum absolute atomic E-state index is 0.128.